The number of ether oxygens (including phenoxy) is 2. The zero-order valence-electron chi connectivity index (χ0n) is 19.8. The SMILES string of the molecule is O=C(C[C@@H]1CC[C@H]2[C@@H](COC[C@@H](O)CN2C(=O)Nc2ccc(Cl)c(Cl)c2)O1)NCc1ccc(Cl)c(Cl)c1. The first-order valence-electron chi connectivity index (χ1n) is 11.8. The van der Waals surface area contributed by atoms with Gasteiger partial charge in [0.2, 0.25) is 5.91 Å². The molecule has 0 aromatic heterocycles. The summed E-state index contributed by atoms with van der Waals surface area (Å²) in [5.74, 6) is -0.161. The van der Waals surface area contributed by atoms with Crippen LogP contribution < -0.4 is 10.6 Å². The lowest BCUT2D eigenvalue weighted by Gasteiger charge is -2.44. The monoisotopic (exact) mass is 589 g/mol. The van der Waals surface area contributed by atoms with Gasteiger partial charge in [-0.2, -0.15) is 0 Å². The van der Waals surface area contributed by atoms with Gasteiger partial charge in [0, 0.05) is 12.2 Å². The van der Waals surface area contributed by atoms with Gasteiger partial charge in [0.1, 0.15) is 6.10 Å². The molecule has 0 radical (unpaired) electrons. The van der Waals surface area contributed by atoms with E-state index in [1.807, 2.05) is 0 Å². The Bertz CT molecular complexity index is 1140. The molecule has 3 N–H and O–H groups in total. The number of hydrogen-bond donors (Lipinski definition) is 3. The highest BCUT2D eigenvalue weighted by atomic mass is 35.5. The number of nitrogens with one attached hydrogen (secondary N) is 2. The summed E-state index contributed by atoms with van der Waals surface area (Å²) in [4.78, 5) is 27.4. The van der Waals surface area contributed by atoms with Crippen molar-refractivity contribution in [2.75, 3.05) is 25.1 Å². The van der Waals surface area contributed by atoms with Crippen molar-refractivity contribution in [2.24, 2.45) is 0 Å². The van der Waals surface area contributed by atoms with Crippen LogP contribution in [0.5, 0.6) is 0 Å². The number of urea groups is 1. The number of halogens is 4. The molecule has 4 rings (SSSR count). The smallest absolute Gasteiger partial charge is 0.322 e. The van der Waals surface area contributed by atoms with Gasteiger partial charge in [-0.1, -0.05) is 52.5 Å². The maximum absolute atomic E-state index is 13.2. The maximum atomic E-state index is 13.2. The Morgan fingerprint density at radius 1 is 0.973 bits per heavy atom. The molecule has 2 aliphatic rings. The molecule has 200 valence electrons. The number of carbonyl (C=O) groups is 2. The van der Waals surface area contributed by atoms with Gasteiger partial charge in [0.15, 0.2) is 0 Å². The molecule has 4 atom stereocenters. The zero-order chi connectivity index (χ0) is 26.5. The van der Waals surface area contributed by atoms with E-state index in [0.717, 1.165) is 5.56 Å². The van der Waals surface area contributed by atoms with Gasteiger partial charge < -0.3 is 30.1 Å². The minimum absolute atomic E-state index is 0.0674. The van der Waals surface area contributed by atoms with Crippen molar-refractivity contribution < 1.29 is 24.2 Å². The second-order valence-electron chi connectivity index (χ2n) is 9.07. The fraction of sp³-hybridized carbons (Fsp3) is 0.440. The van der Waals surface area contributed by atoms with Crippen molar-refractivity contribution in [3.05, 3.63) is 62.1 Å². The van der Waals surface area contributed by atoms with Gasteiger partial charge in [0.25, 0.3) is 0 Å². The van der Waals surface area contributed by atoms with Gasteiger partial charge in [-0.25, -0.2) is 4.79 Å². The standard InChI is InChI=1S/C25H27Cl4N3O5/c26-18-4-1-14(7-20(18)28)10-30-24(34)9-17-3-6-22-23(37-17)13-36-12-16(33)11-32(22)25(35)31-15-2-5-19(27)21(29)8-15/h1-2,4-5,7-8,16-17,22-23,33H,3,6,9-13H2,(H,30,34)(H,31,35)/t16-,17-,22-,23+/m0/s1. The Labute approximate surface area is 235 Å². The zero-order valence-corrected chi connectivity index (χ0v) is 22.8. The number of rotatable bonds is 5. The molecular weight excluding hydrogens is 564 g/mol. The van der Waals surface area contributed by atoms with Gasteiger partial charge >= 0.3 is 6.03 Å². The van der Waals surface area contributed by atoms with Gasteiger partial charge in [-0.05, 0) is 48.7 Å². The largest absolute Gasteiger partial charge is 0.389 e. The molecule has 2 fully saturated rings. The summed E-state index contributed by atoms with van der Waals surface area (Å²) in [6.45, 7) is 0.655. The Balaban J connectivity index is 1.36. The molecule has 2 heterocycles. The number of benzene rings is 2. The van der Waals surface area contributed by atoms with Crippen molar-refractivity contribution >= 4 is 64.0 Å². The molecule has 12 heteroatoms. The van der Waals surface area contributed by atoms with E-state index in [1.165, 1.54) is 0 Å². The lowest BCUT2D eigenvalue weighted by molar-refractivity contribution is -0.149. The molecule has 0 bridgehead atoms. The van der Waals surface area contributed by atoms with Crippen LogP contribution in [0.3, 0.4) is 0 Å². The molecule has 2 aromatic carbocycles. The summed E-state index contributed by atoms with van der Waals surface area (Å²) in [5.41, 5.74) is 1.32. The number of fused-ring (bicyclic) bond motifs is 1. The molecule has 37 heavy (non-hydrogen) atoms. The second kappa shape index (κ2) is 12.8. The van der Waals surface area contributed by atoms with Crippen LogP contribution in [0.1, 0.15) is 24.8 Å². The number of aliphatic hydroxyl groups is 1. The molecule has 0 saturated carbocycles. The minimum atomic E-state index is -0.842. The number of aliphatic hydroxyl groups excluding tert-OH is 1. The molecule has 0 unspecified atom stereocenters. The summed E-state index contributed by atoms with van der Waals surface area (Å²) in [7, 11) is 0. The van der Waals surface area contributed by atoms with E-state index in [4.69, 9.17) is 55.9 Å². The number of amides is 3. The molecule has 2 aromatic rings. The average Bonchev–Trinajstić information content (AvgIpc) is 2.85. The fourth-order valence-electron chi connectivity index (χ4n) is 4.47. The van der Waals surface area contributed by atoms with E-state index in [9.17, 15) is 14.7 Å². The highest BCUT2D eigenvalue weighted by molar-refractivity contribution is 6.42. The van der Waals surface area contributed by atoms with Crippen LogP contribution in [0.4, 0.5) is 10.5 Å². The van der Waals surface area contributed by atoms with E-state index in [-0.39, 0.29) is 44.2 Å². The Morgan fingerprint density at radius 2 is 1.70 bits per heavy atom. The summed E-state index contributed by atoms with van der Waals surface area (Å²) < 4.78 is 11.8. The average molecular weight is 591 g/mol. The first-order valence-corrected chi connectivity index (χ1v) is 13.4. The molecule has 2 saturated heterocycles. The summed E-state index contributed by atoms with van der Waals surface area (Å²) in [6, 6.07) is 9.27. The topological polar surface area (TPSA) is 100 Å². The molecule has 0 aliphatic carbocycles. The van der Waals surface area contributed by atoms with Crippen molar-refractivity contribution in [1.82, 2.24) is 10.2 Å². The third-order valence-electron chi connectivity index (χ3n) is 6.30. The molecule has 8 nitrogen and oxygen atoms in total. The first kappa shape index (κ1) is 28.2. The Kier molecular flexibility index (Phi) is 9.80. The van der Waals surface area contributed by atoms with E-state index < -0.39 is 18.2 Å². The fourth-order valence-corrected chi connectivity index (χ4v) is 5.09. The third-order valence-corrected chi connectivity index (χ3v) is 7.78. The van der Waals surface area contributed by atoms with Gasteiger partial charge in [0.05, 0.1) is 64.5 Å². The number of β-amino-alcohol motifs (C(OH)–C–C–N with tert-alkyl or cyclic N) is 1. The van der Waals surface area contributed by atoms with Crippen LogP contribution in [0, 0.1) is 0 Å². The van der Waals surface area contributed by atoms with Crippen molar-refractivity contribution in [3.8, 4) is 0 Å². The number of anilines is 1. The lowest BCUT2D eigenvalue weighted by Crippen LogP contribution is -2.58. The first-order chi connectivity index (χ1) is 17.7. The molecule has 3 amide bonds. The molecule has 0 spiro atoms. The second-order valence-corrected chi connectivity index (χ2v) is 10.7. The van der Waals surface area contributed by atoms with Crippen LogP contribution in [0.2, 0.25) is 20.1 Å². The number of carbonyl (C=O) groups excluding carboxylic acids is 2. The number of nitrogens with zero attached hydrogens (tertiary/aromatic N) is 1. The van der Waals surface area contributed by atoms with E-state index in [0.29, 0.717) is 45.2 Å². The van der Waals surface area contributed by atoms with Crippen LogP contribution >= 0.6 is 46.4 Å². The summed E-state index contributed by atoms with van der Waals surface area (Å²) >= 11 is 24.0. The minimum Gasteiger partial charge on any atom is -0.389 e. The molecular formula is C25H27Cl4N3O5. The van der Waals surface area contributed by atoms with Crippen LogP contribution in [0.25, 0.3) is 0 Å². The Hall–Kier alpha value is -1.78. The van der Waals surface area contributed by atoms with Crippen molar-refractivity contribution in [3.63, 3.8) is 0 Å². The normalized spacial score (nSPS) is 24.0. The Morgan fingerprint density at radius 3 is 2.43 bits per heavy atom. The van der Waals surface area contributed by atoms with E-state index >= 15 is 0 Å². The summed E-state index contributed by atoms with van der Waals surface area (Å²) in [5, 5.41) is 17.6. The summed E-state index contributed by atoms with van der Waals surface area (Å²) in [6.07, 6.45) is -0.307. The van der Waals surface area contributed by atoms with E-state index in [1.54, 1.807) is 41.3 Å². The van der Waals surface area contributed by atoms with Gasteiger partial charge in [-0.15, -0.1) is 0 Å². The van der Waals surface area contributed by atoms with Crippen LogP contribution in [-0.4, -0.2) is 66.1 Å². The predicted octanol–water partition coefficient (Wildman–Crippen LogP) is 5.15. The molecule has 2 aliphatic heterocycles. The van der Waals surface area contributed by atoms with Crippen molar-refractivity contribution in [1.29, 1.82) is 0 Å². The van der Waals surface area contributed by atoms with Crippen molar-refractivity contribution in [2.45, 2.75) is 50.2 Å². The third kappa shape index (κ3) is 7.63. The maximum Gasteiger partial charge on any atom is 0.322 e. The predicted molar refractivity (Wildman–Crippen MR) is 144 cm³/mol. The number of hydrogen-bond acceptors (Lipinski definition) is 5. The van der Waals surface area contributed by atoms with E-state index in [2.05, 4.69) is 10.6 Å². The highest BCUT2D eigenvalue weighted by Gasteiger charge is 2.40. The highest BCUT2D eigenvalue weighted by Crippen LogP contribution is 2.30. The van der Waals surface area contributed by atoms with Gasteiger partial charge in [-0.3, -0.25) is 4.79 Å². The van der Waals surface area contributed by atoms with Crippen LogP contribution in [0.15, 0.2) is 36.4 Å². The van der Waals surface area contributed by atoms with Crippen LogP contribution in [-0.2, 0) is 20.8 Å². The lowest BCUT2D eigenvalue weighted by atomic mass is 9.95. The quantitative estimate of drug-likeness (QED) is 0.447.